The molecule has 0 aliphatic heterocycles. The van der Waals surface area contributed by atoms with Gasteiger partial charge in [-0.1, -0.05) is 15.9 Å². The molecule has 1 aromatic carbocycles. The Hall–Kier alpha value is -0.700. The summed E-state index contributed by atoms with van der Waals surface area (Å²) < 4.78 is 45.8. The molecule has 1 aromatic rings. The summed E-state index contributed by atoms with van der Waals surface area (Å²) in [5.74, 6) is -2.25. The van der Waals surface area contributed by atoms with E-state index in [1.807, 2.05) is 0 Å². The molecule has 19 heavy (non-hydrogen) atoms. The number of rotatable bonds is 5. The number of hydrogen-bond acceptors (Lipinski definition) is 5. The Balaban J connectivity index is 3.15. The van der Waals surface area contributed by atoms with Crippen LogP contribution in [0.2, 0.25) is 0 Å². The molecule has 5 nitrogen and oxygen atoms in total. The minimum atomic E-state index is -4.30. The van der Waals surface area contributed by atoms with Gasteiger partial charge in [0.2, 0.25) is 0 Å². The lowest BCUT2D eigenvalue weighted by atomic mass is 10.2. The fourth-order valence-electron chi connectivity index (χ4n) is 1.19. The first-order valence-electron chi connectivity index (χ1n) is 4.87. The third-order valence-corrected chi connectivity index (χ3v) is 3.79. The number of carbonyl (C=O) groups excluding carboxylic acids is 1. The van der Waals surface area contributed by atoms with E-state index in [2.05, 4.69) is 20.7 Å². The lowest BCUT2D eigenvalue weighted by Gasteiger charge is -2.08. The molecule has 0 fully saturated rings. The normalized spacial score (nSPS) is 11.4. The molecule has 0 amide bonds. The van der Waals surface area contributed by atoms with Crippen LogP contribution in [-0.2, 0) is 18.5 Å². The first-order chi connectivity index (χ1) is 8.77. The summed E-state index contributed by atoms with van der Waals surface area (Å²) in [4.78, 5) is 10.8. The van der Waals surface area contributed by atoms with E-state index in [0.29, 0.717) is 0 Å². The summed E-state index contributed by atoms with van der Waals surface area (Å²) >= 11 is 2.97. The number of esters is 1. The van der Waals surface area contributed by atoms with E-state index in [9.17, 15) is 17.6 Å². The van der Waals surface area contributed by atoms with Crippen LogP contribution in [0.15, 0.2) is 21.5 Å². The maximum atomic E-state index is 13.9. The van der Waals surface area contributed by atoms with Crippen molar-refractivity contribution in [3.05, 3.63) is 28.0 Å². The second-order valence-electron chi connectivity index (χ2n) is 3.33. The van der Waals surface area contributed by atoms with E-state index in [0.717, 1.165) is 12.1 Å². The van der Waals surface area contributed by atoms with E-state index < -0.39 is 31.3 Å². The second-order valence-corrected chi connectivity index (χ2v) is 6.78. The standard InChI is InChI=1S/C10H9BrClFO5S/c1-17-2-3-18-10(14)7-4-6(11)5-8(9(7)13)19(12,15)16/h4-5H,2-3H2,1H3. The van der Waals surface area contributed by atoms with E-state index in [4.69, 9.17) is 15.4 Å². The van der Waals surface area contributed by atoms with Crippen LogP contribution < -0.4 is 0 Å². The average molecular weight is 376 g/mol. The largest absolute Gasteiger partial charge is 0.460 e. The summed E-state index contributed by atoms with van der Waals surface area (Å²) in [6.45, 7) is 0.0618. The van der Waals surface area contributed by atoms with Gasteiger partial charge in [0.1, 0.15) is 11.5 Å². The quantitative estimate of drug-likeness (QED) is 0.449. The van der Waals surface area contributed by atoms with Crippen molar-refractivity contribution in [2.45, 2.75) is 4.90 Å². The van der Waals surface area contributed by atoms with E-state index >= 15 is 0 Å². The summed E-state index contributed by atoms with van der Waals surface area (Å²) in [6.07, 6.45) is 0. The van der Waals surface area contributed by atoms with Gasteiger partial charge in [-0.05, 0) is 12.1 Å². The van der Waals surface area contributed by atoms with E-state index in [1.165, 1.54) is 7.11 Å². The number of methoxy groups -OCH3 is 1. The monoisotopic (exact) mass is 374 g/mol. The SMILES string of the molecule is COCCOC(=O)c1cc(Br)cc(S(=O)(=O)Cl)c1F. The molecule has 0 spiro atoms. The molecule has 0 saturated carbocycles. The Morgan fingerprint density at radius 2 is 2.05 bits per heavy atom. The molecule has 0 heterocycles. The first kappa shape index (κ1) is 16.4. The Bertz CT molecular complexity index is 590. The van der Waals surface area contributed by atoms with Gasteiger partial charge in [0, 0.05) is 22.3 Å². The fraction of sp³-hybridized carbons (Fsp3) is 0.300. The van der Waals surface area contributed by atoms with Crippen LogP contribution in [0, 0.1) is 5.82 Å². The summed E-state index contributed by atoms with van der Waals surface area (Å²) in [5, 5.41) is 0. The molecule has 0 aromatic heterocycles. The summed E-state index contributed by atoms with van der Waals surface area (Å²) in [7, 11) is 2.18. The number of ether oxygens (including phenoxy) is 2. The Kier molecular flexibility index (Phi) is 5.72. The number of halogens is 3. The van der Waals surface area contributed by atoms with Crippen molar-refractivity contribution in [1.29, 1.82) is 0 Å². The number of carbonyl (C=O) groups is 1. The average Bonchev–Trinajstić information content (AvgIpc) is 2.30. The van der Waals surface area contributed by atoms with Crippen molar-refractivity contribution in [3.8, 4) is 0 Å². The minimum Gasteiger partial charge on any atom is -0.460 e. The highest BCUT2D eigenvalue weighted by molar-refractivity contribution is 9.10. The number of benzene rings is 1. The van der Waals surface area contributed by atoms with Gasteiger partial charge in [-0.25, -0.2) is 17.6 Å². The Labute approximate surface area is 122 Å². The van der Waals surface area contributed by atoms with Crippen LogP contribution in [0.4, 0.5) is 4.39 Å². The van der Waals surface area contributed by atoms with Crippen molar-refractivity contribution in [3.63, 3.8) is 0 Å². The van der Waals surface area contributed by atoms with Crippen molar-refractivity contribution in [1.82, 2.24) is 0 Å². The molecule has 9 heteroatoms. The molecule has 0 N–H and O–H groups in total. The zero-order valence-corrected chi connectivity index (χ0v) is 12.8. The molecule has 0 radical (unpaired) electrons. The van der Waals surface area contributed by atoms with Crippen LogP contribution in [0.1, 0.15) is 10.4 Å². The topological polar surface area (TPSA) is 69.7 Å². The van der Waals surface area contributed by atoms with Crippen molar-refractivity contribution in [2.24, 2.45) is 0 Å². The third-order valence-electron chi connectivity index (χ3n) is 2.01. The lowest BCUT2D eigenvalue weighted by Crippen LogP contribution is -2.13. The zero-order valence-electron chi connectivity index (χ0n) is 9.65. The highest BCUT2D eigenvalue weighted by atomic mass is 79.9. The summed E-state index contributed by atoms with van der Waals surface area (Å²) in [6, 6.07) is 2.07. The van der Waals surface area contributed by atoms with Gasteiger partial charge in [0.15, 0.2) is 5.82 Å². The Morgan fingerprint density at radius 1 is 1.42 bits per heavy atom. The Morgan fingerprint density at radius 3 is 2.58 bits per heavy atom. The smallest absolute Gasteiger partial charge is 0.341 e. The molecular formula is C10H9BrClFO5S. The second kappa shape index (κ2) is 6.65. The van der Waals surface area contributed by atoms with Crippen LogP contribution in [0.5, 0.6) is 0 Å². The maximum absolute atomic E-state index is 13.9. The lowest BCUT2D eigenvalue weighted by molar-refractivity contribution is 0.0382. The zero-order chi connectivity index (χ0) is 14.6. The van der Waals surface area contributed by atoms with Gasteiger partial charge in [0.25, 0.3) is 9.05 Å². The molecule has 106 valence electrons. The predicted octanol–water partition coefficient (Wildman–Crippen LogP) is 2.32. The van der Waals surface area contributed by atoms with Crippen LogP contribution in [-0.4, -0.2) is 34.7 Å². The number of hydrogen-bond donors (Lipinski definition) is 0. The van der Waals surface area contributed by atoms with Gasteiger partial charge in [-0.2, -0.15) is 0 Å². The molecule has 0 unspecified atom stereocenters. The van der Waals surface area contributed by atoms with Crippen molar-refractivity contribution < 1.29 is 27.1 Å². The summed E-state index contributed by atoms with van der Waals surface area (Å²) in [5.41, 5.74) is -0.523. The predicted molar refractivity (Wildman–Crippen MR) is 69.3 cm³/mol. The highest BCUT2D eigenvalue weighted by Crippen LogP contribution is 2.27. The molecule has 0 bridgehead atoms. The van der Waals surface area contributed by atoms with Crippen molar-refractivity contribution in [2.75, 3.05) is 20.3 Å². The van der Waals surface area contributed by atoms with Gasteiger partial charge in [0.05, 0.1) is 12.2 Å². The molecule has 0 atom stereocenters. The van der Waals surface area contributed by atoms with Gasteiger partial charge in [-0.15, -0.1) is 0 Å². The van der Waals surface area contributed by atoms with E-state index in [-0.39, 0.29) is 17.7 Å². The van der Waals surface area contributed by atoms with Gasteiger partial charge in [-0.3, -0.25) is 0 Å². The molecular weight excluding hydrogens is 367 g/mol. The third kappa shape index (κ3) is 4.41. The van der Waals surface area contributed by atoms with E-state index in [1.54, 1.807) is 0 Å². The van der Waals surface area contributed by atoms with Gasteiger partial charge >= 0.3 is 5.97 Å². The highest BCUT2D eigenvalue weighted by Gasteiger charge is 2.24. The molecule has 0 aliphatic carbocycles. The maximum Gasteiger partial charge on any atom is 0.341 e. The molecule has 1 rings (SSSR count). The van der Waals surface area contributed by atoms with Crippen molar-refractivity contribution >= 4 is 41.6 Å². The van der Waals surface area contributed by atoms with Crippen LogP contribution >= 0.6 is 26.6 Å². The van der Waals surface area contributed by atoms with Gasteiger partial charge < -0.3 is 9.47 Å². The molecule has 0 aliphatic rings. The minimum absolute atomic E-state index is 0.0791. The van der Waals surface area contributed by atoms with Crippen LogP contribution in [0.3, 0.4) is 0 Å². The first-order valence-corrected chi connectivity index (χ1v) is 7.97. The molecule has 0 saturated heterocycles. The fourth-order valence-corrected chi connectivity index (χ4v) is 2.72. The van der Waals surface area contributed by atoms with Crippen LogP contribution in [0.25, 0.3) is 0 Å².